The van der Waals surface area contributed by atoms with Gasteiger partial charge in [0.15, 0.2) is 4.34 Å². The summed E-state index contributed by atoms with van der Waals surface area (Å²) in [4.78, 5) is 12.6. The van der Waals surface area contributed by atoms with Gasteiger partial charge in [-0.25, -0.2) is 4.68 Å². The molecule has 0 aliphatic rings. The zero-order valence-corrected chi connectivity index (χ0v) is 15.4. The lowest BCUT2D eigenvalue weighted by atomic mass is 10.2. The molecule has 0 fully saturated rings. The molecule has 1 amide bonds. The lowest BCUT2D eigenvalue weighted by Gasteiger charge is -2.03. The zero-order valence-electron chi connectivity index (χ0n) is 13.0. The van der Waals surface area contributed by atoms with Gasteiger partial charge in [-0.2, -0.15) is 5.10 Å². The van der Waals surface area contributed by atoms with Gasteiger partial charge in [0, 0.05) is 0 Å². The van der Waals surface area contributed by atoms with Crippen LogP contribution in [0.5, 0.6) is 0 Å². The van der Waals surface area contributed by atoms with Gasteiger partial charge in [-0.1, -0.05) is 59.8 Å². The fourth-order valence-corrected chi connectivity index (χ4v) is 4.10. The number of para-hydroxylation sites is 1. The van der Waals surface area contributed by atoms with Crippen molar-refractivity contribution in [2.24, 2.45) is 0 Å². The Kier molecular flexibility index (Phi) is 5.17. The first-order valence-electron chi connectivity index (χ1n) is 7.18. The van der Waals surface area contributed by atoms with Crippen LogP contribution in [0.3, 0.4) is 0 Å². The van der Waals surface area contributed by atoms with Crippen LogP contribution in [-0.2, 0) is 0 Å². The molecule has 6 nitrogen and oxygen atoms in total. The molecule has 124 valence electrons. The molecule has 0 bridgehead atoms. The van der Waals surface area contributed by atoms with Crippen LogP contribution in [-0.4, -0.2) is 31.6 Å². The Morgan fingerprint density at radius 2 is 2.08 bits per heavy atom. The highest BCUT2D eigenvalue weighted by Crippen LogP contribution is 2.27. The molecule has 0 saturated heterocycles. The number of nitrogens with one attached hydrogen (secondary N) is 1. The summed E-state index contributed by atoms with van der Waals surface area (Å²) in [5.74, 6) is 0.557. The number of carbonyl (C=O) groups excluding carboxylic acids is 1. The van der Waals surface area contributed by atoms with E-state index in [2.05, 4.69) is 20.6 Å². The highest BCUT2D eigenvalue weighted by atomic mass is 35.5. The van der Waals surface area contributed by atoms with Crippen LogP contribution >= 0.6 is 34.7 Å². The number of hydrogen-bond donors (Lipinski definition) is 1. The summed E-state index contributed by atoms with van der Waals surface area (Å²) in [5.41, 5.74) is 1.68. The van der Waals surface area contributed by atoms with Crippen LogP contribution in [0.2, 0.25) is 5.15 Å². The van der Waals surface area contributed by atoms with E-state index >= 15 is 0 Å². The molecule has 2 heterocycles. The van der Waals surface area contributed by atoms with Crippen LogP contribution < -0.4 is 5.32 Å². The van der Waals surface area contributed by atoms with Crippen molar-refractivity contribution in [2.75, 3.05) is 11.1 Å². The van der Waals surface area contributed by atoms with E-state index in [0.29, 0.717) is 16.4 Å². The van der Waals surface area contributed by atoms with Crippen molar-refractivity contribution >= 4 is 45.7 Å². The predicted octanol–water partition coefficient (Wildman–Crippen LogP) is 4.05. The summed E-state index contributed by atoms with van der Waals surface area (Å²) in [6.45, 7) is 3.78. The Morgan fingerprint density at radius 1 is 1.33 bits per heavy atom. The number of carbonyl (C=O) groups is 1. The number of amides is 1. The highest BCUT2D eigenvalue weighted by Gasteiger charge is 2.22. The largest absolute Gasteiger partial charge is 0.296 e. The maximum absolute atomic E-state index is 12.6. The second-order valence-electron chi connectivity index (χ2n) is 4.76. The maximum atomic E-state index is 12.6. The summed E-state index contributed by atoms with van der Waals surface area (Å²) in [6.07, 6.45) is 0. The molecule has 24 heavy (non-hydrogen) atoms. The Labute approximate surface area is 152 Å². The summed E-state index contributed by atoms with van der Waals surface area (Å²) < 4.78 is 2.36. The molecule has 3 rings (SSSR count). The number of hydrogen-bond acceptors (Lipinski definition) is 6. The second kappa shape index (κ2) is 7.33. The molecular formula is C15H14ClN5OS2. The van der Waals surface area contributed by atoms with Crippen molar-refractivity contribution in [3.8, 4) is 5.69 Å². The maximum Gasteiger partial charge on any atom is 0.262 e. The van der Waals surface area contributed by atoms with E-state index in [0.717, 1.165) is 15.8 Å². The molecule has 0 aliphatic heterocycles. The molecule has 0 saturated carbocycles. The van der Waals surface area contributed by atoms with Gasteiger partial charge in [0.25, 0.3) is 5.91 Å². The zero-order chi connectivity index (χ0) is 17.1. The molecule has 2 aromatic heterocycles. The number of aryl methyl sites for hydroxylation is 1. The molecule has 0 spiro atoms. The van der Waals surface area contributed by atoms with Gasteiger partial charge >= 0.3 is 0 Å². The van der Waals surface area contributed by atoms with Crippen molar-refractivity contribution < 1.29 is 4.79 Å². The molecule has 1 N–H and O–H groups in total. The average molecular weight is 380 g/mol. The van der Waals surface area contributed by atoms with Crippen LogP contribution in [0.15, 0.2) is 34.7 Å². The minimum Gasteiger partial charge on any atom is -0.296 e. The molecule has 0 aliphatic carbocycles. The molecule has 0 unspecified atom stereocenters. The van der Waals surface area contributed by atoms with Gasteiger partial charge in [-0.05, 0) is 24.8 Å². The molecule has 3 aromatic rings. The van der Waals surface area contributed by atoms with Gasteiger partial charge in [0.1, 0.15) is 10.7 Å². The van der Waals surface area contributed by atoms with Crippen molar-refractivity contribution in [3.63, 3.8) is 0 Å². The number of thioether (sulfide) groups is 1. The molecule has 0 radical (unpaired) electrons. The van der Waals surface area contributed by atoms with E-state index < -0.39 is 0 Å². The van der Waals surface area contributed by atoms with Gasteiger partial charge in [-0.3, -0.25) is 10.1 Å². The Bertz CT molecular complexity index is 862. The van der Waals surface area contributed by atoms with E-state index in [4.69, 9.17) is 11.6 Å². The number of aromatic nitrogens is 4. The lowest BCUT2D eigenvalue weighted by Crippen LogP contribution is -2.13. The summed E-state index contributed by atoms with van der Waals surface area (Å²) in [7, 11) is 0. The van der Waals surface area contributed by atoms with Gasteiger partial charge < -0.3 is 0 Å². The first-order chi connectivity index (χ1) is 11.6. The number of halogens is 1. The van der Waals surface area contributed by atoms with Crippen molar-refractivity contribution in [3.05, 3.63) is 46.7 Å². The third-order valence-corrected chi connectivity index (χ3v) is 5.33. The average Bonchev–Trinajstić information content (AvgIpc) is 3.12. The van der Waals surface area contributed by atoms with Crippen molar-refractivity contribution in [1.29, 1.82) is 0 Å². The van der Waals surface area contributed by atoms with E-state index in [1.807, 2.05) is 37.3 Å². The van der Waals surface area contributed by atoms with Crippen LogP contribution in [0.4, 0.5) is 5.13 Å². The van der Waals surface area contributed by atoms with Gasteiger partial charge in [0.2, 0.25) is 5.13 Å². The van der Waals surface area contributed by atoms with E-state index in [-0.39, 0.29) is 11.1 Å². The van der Waals surface area contributed by atoms with Crippen molar-refractivity contribution in [1.82, 2.24) is 20.0 Å². The highest BCUT2D eigenvalue weighted by molar-refractivity contribution is 8.01. The number of rotatable bonds is 5. The predicted molar refractivity (Wildman–Crippen MR) is 97.6 cm³/mol. The van der Waals surface area contributed by atoms with E-state index in [1.165, 1.54) is 11.3 Å². The number of nitrogens with zero attached hydrogens (tertiary/aromatic N) is 4. The van der Waals surface area contributed by atoms with Crippen LogP contribution in [0.1, 0.15) is 23.0 Å². The third kappa shape index (κ3) is 3.45. The van der Waals surface area contributed by atoms with Gasteiger partial charge in [-0.15, -0.1) is 10.2 Å². The number of anilines is 1. The fraction of sp³-hybridized carbons (Fsp3) is 0.200. The first-order valence-corrected chi connectivity index (χ1v) is 9.36. The fourth-order valence-electron chi connectivity index (χ4n) is 2.10. The lowest BCUT2D eigenvalue weighted by molar-refractivity contribution is 0.102. The minimum atomic E-state index is -0.344. The molecule has 0 atom stereocenters. The summed E-state index contributed by atoms with van der Waals surface area (Å²) >= 11 is 9.29. The monoisotopic (exact) mass is 379 g/mol. The van der Waals surface area contributed by atoms with E-state index in [9.17, 15) is 4.79 Å². The quantitative estimate of drug-likeness (QED) is 0.534. The van der Waals surface area contributed by atoms with Crippen LogP contribution in [0.25, 0.3) is 5.69 Å². The minimum absolute atomic E-state index is 0.267. The standard InChI is InChI=1S/C15H14ClN5OS2/c1-3-23-15-19-18-14(24-15)17-13(22)11-9(2)20-21(12(11)16)10-7-5-4-6-8-10/h4-8H,3H2,1-2H3,(H,17,18,22). The number of benzene rings is 1. The van der Waals surface area contributed by atoms with Gasteiger partial charge in [0.05, 0.1) is 11.4 Å². The summed E-state index contributed by atoms with van der Waals surface area (Å²) in [6, 6.07) is 9.42. The Morgan fingerprint density at radius 3 is 2.79 bits per heavy atom. The normalized spacial score (nSPS) is 10.8. The molecule has 9 heteroatoms. The van der Waals surface area contributed by atoms with Crippen LogP contribution in [0, 0.1) is 6.92 Å². The SMILES string of the molecule is CCSc1nnc(NC(=O)c2c(C)nn(-c3ccccc3)c2Cl)s1. The second-order valence-corrected chi connectivity index (χ2v) is 7.61. The topological polar surface area (TPSA) is 72.7 Å². The third-order valence-electron chi connectivity index (χ3n) is 3.13. The molecular weight excluding hydrogens is 366 g/mol. The smallest absolute Gasteiger partial charge is 0.262 e. The first kappa shape index (κ1) is 16.9. The van der Waals surface area contributed by atoms with E-state index in [1.54, 1.807) is 23.4 Å². The summed E-state index contributed by atoms with van der Waals surface area (Å²) in [5, 5.41) is 15.8. The molecule has 1 aromatic carbocycles. The Balaban J connectivity index is 1.86. The Hall–Kier alpha value is -1.90. The van der Waals surface area contributed by atoms with Crippen molar-refractivity contribution in [2.45, 2.75) is 18.2 Å².